The van der Waals surface area contributed by atoms with Crippen LogP contribution in [-0.4, -0.2) is 33.0 Å². The molecule has 33 heavy (non-hydrogen) atoms. The van der Waals surface area contributed by atoms with Crippen molar-refractivity contribution in [3.63, 3.8) is 0 Å². The number of hydrogen-bond acceptors (Lipinski definition) is 7. The minimum Gasteiger partial charge on any atom is -0.486 e. The van der Waals surface area contributed by atoms with Crippen LogP contribution in [0.5, 0.6) is 23.3 Å². The van der Waals surface area contributed by atoms with Crippen LogP contribution in [0.2, 0.25) is 0 Å². The molecule has 2 aromatic carbocycles. The van der Waals surface area contributed by atoms with Gasteiger partial charge >= 0.3 is 10.2 Å². The minimum absolute atomic E-state index is 0.161. The lowest BCUT2D eigenvalue weighted by atomic mass is 10.1. The Kier molecular flexibility index (Phi) is 5.29. The number of aromatic nitrogens is 1. The number of pyridine rings is 1. The molecule has 2 heterocycles. The van der Waals surface area contributed by atoms with E-state index >= 15 is 0 Å². The first kappa shape index (κ1) is 21.1. The molecule has 1 amide bonds. The van der Waals surface area contributed by atoms with E-state index in [1.54, 1.807) is 43.5 Å². The Morgan fingerprint density at radius 1 is 1.03 bits per heavy atom. The number of methoxy groups -OCH3 is 1. The van der Waals surface area contributed by atoms with E-state index in [2.05, 4.69) is 4.98 Å². The van der Waals surface area contributed by atoms with Gasteiger partial charge in [-0.25, -0.2) is 9.03 Å². The smallest absolute Gasteiger partial charge is 0.326 e. The van der Waals surface area contributed by atoms with E-state index in [1.807, 2.05) is 29.0 Å². The van der Waals surface area contributed by atoms with Crippen LogP contribution in [0.4, 0.5) is 5.69 Å². The second-order valence-electron chi connectivity index (χ2n) is 7.62. The normalized spacial score (nSPS) is 18.5. The molecule has 0 radical (unpaired) electrons. The van der Waals surface area contributed by atoms with Gasteiger partial charge in [-0.15, -0.1) is 0 Å². The van der Waals surface area contributed by atoms with E-state index in [-0.39, 0.29) is 12.6 Å². The number of nitrogens with one attached hydrogen (secondary N) is 1. The fourth-order valence-electron chi connectivity index (χ4n) is 4.01. The van der Waals surface area contributed by atoms with Gasteiger partial charge in [0.2, 0.25) is 11.8 Å². The number of amides is 1. The van der Waals surface area contributed by atoms with Crippen LogP contribution >= 0.6 is 0 Å². The molecule has 0 saturated carbocycles. The first-order valence-electron chi connectivity index (χ1n) is 10.3. The molecule has 170 valence electrons. The quantitative estimate of drug-likeness (QED) is 0.594. The Morgan fingerprint density at radius 2 is 1.79 bits per heavy atom. The lowest BCUT2D eigenvalue weighted by Gasteiger charge is -2.18. The summed E-state index contributed by atoms with van der Waals surface area (Å²) in [7, 11) is -2.28. The third kappa shape index (κ3) is 4.17. The van der Waals surface area contributed by atoms with Crippen molar-refractivity contribution in [2.45, 2.75) is 18.9 Å². The molecule has 9 nitrogen and oxygen atoms in total. The van der Waals surface area contributed by atoms with Gasteiger partial charge in [0.05, 0.1) is 12.8 Å². The van der Waals surface area contributed by atoms with Crippen LogP contribution in [-0.2, 0) is 21.4 Å². The molecular formula is C23H21N3O6S. The van der Waals surface area contributed by atoms with Gasteiger partial charge in [0.15, 0.2) is 0 Å². The average molecular weight is 468 g/mol. The topological polar surface area (TPSA) is 107 Å². The van der Waals surface area contributed by atoms with E-state index in [4.69, 9.17) is 14.2 Å². The van der Waals surface area contributed by atoms with Crippen molar-refractivity contribution >= 4 is 21.8 Å². The van der Waals surface area contributed by atoms with Crippen molar-refractivity contribution < 1.29 is 27.4 Å². The fraction of sp³-hybridized carbons (Fsp3) is 0.217. The fourth-order valence-corrected chi connectivity index (χ4v) is 5.16. The number of ether oxygens (including phenoxy) is 3. The average Bonchev–Trinajstić information content (AvgIpc) is 3.34. The van der Waals surface area contributed by atoms with Gasteiger partial charge < -0.3 is 14.2 Å². The molecule has 3 aromatic rings. The van der Waals surface area contributed by atoms with Crippen molar-refractivity contribution in [3.05, 3.63) is 71.8 Å². The Labute approximate surface area is 191 Å². The molecule has 1 aliphatic carbocycles. The summed E-state index contributed by atoms with van der Waals surface area (Å²) in [5.41, 5.74) is 2.50. The number of anilines is 1. The van der Waals surface area contributed by atoms with Crippen LogP contribution in [0, 0.1) is 0 Å². The van der Waals surface area contributed by atoms with Crippen molar-refractivity contribution in [2.75, 3.05) is 18.0 Å². The highest BCUT2D eigenvalue weighted by Gasteiger charge is 2.34. The van der Waals surface area contributed by atoms with Crippen molar-refractivity contribution in [3.8, 4) is 23.3 Å². The summed E-state index contributed by atoms with van der Waals surface area (Å²) in [4.78, 5) is 15.8. The van der Waals surface area contributed by atoms with Crippen LogP contribution in [0.3, 0.4) is 0 Å². The number of hydrogen-bond donors (Lipinski definition) is 1. The summed E-state index contributed by atoms with van der Waals surface area (Å²) in [5, 5.41) is 0. The molecule has 0 spiro atoms. The summed E-state index contributed by atoms with van der Waals surface area (Å²) in [5.74, 6) is 1.71. The van der Waals surface area contributed by atoms with Gasteiger partial charge in [-0.2, -0.15) is 13.4 Å². The second-order valence-corrected chi connectivity index (χ2v) is 9.22. The first-order chi connectivity index (χ1) is 15.9. The molecule has 0 unspecified atom stereocenters. The Bertz CT molecular complexity index is 1310. The number of carbonyl (C=O) groups is 1. The monoisotopic (exact) mass is 467 g/mol. The van der Waals surface area contributed by atoms with Crippen LogP contribution < -0.4 is 23.2 Å². The molecule has 1 saturated heterocycles. The molecule has 5 rings (SSSR count). The second kappa shape index (κ2) is 8.28. The molecule has 1 aromatic heterocycles. The highest BCUT2D eigenvalue weighted by atomic mass is 32.2. The molecule has 1 atom stereocenters. The standard InChI is InChI=1S/C23H21N3O6S/c1-30-22-6-3-7-23(24-22)32-19-5-2-4-17-18(19)12-13-20(17)31-16-10-8-15(9-11-16)26-14-21(27)25-33(26,28)29/h2-11,20H,12-14H2,1H3,(H,25,27)/t20-/m1/s1. The Hall–Kier alpha value is -3.79. The largest absolute Gasteiger partial charge is 0.486 e. The zero-order chi connectivity index (χ0) is 23.0. The minimum atomic E-state index is -3.83. The summed E-state index contributed by atoms with van der Waals surface area (Å²) in [6.07, 6.45) is 1.41. The predicted octanol–water partition coefficient (Wildman–Crippen LogP) is 3.13. The van der Waals surface area contributed by atoms with Crippen molar-refractivity contribution in [2.24, 2.45) is 0 Å². The van der Waals surface area contributed by atoms with Crippen molar-refractivity contribution in [1.82, 2.24) is 9.71 Å². The van der Waals surface area contributed by atoms with Gasteiger partial charge in [-0.3, -0.25) is 4.79 Å². The predicted molar refractivity (Wildman–Crippen MR) is 120 cm³/mol. The van der Waals surface area contributed by atoms with E-state index in [1.165, 1.54) is 0 Å². The highest BCUT2D eigenvalue weighted by Crippen LogP contribution is 2.41. The molecule has 1 aliphatic heterocycles. The van der Waals surface area contributed by atoms with Gasteiger partial charge in [-0.1, -0.05) is 18.2 Å². The summed E-state index contributed by atoms with van der Waals surface area (Å²) in [6.45, 7) is -0.233. The third-order valence-electron chi connectivity index (χ3n) is 5.52. The molecule has 0 bridgehead atoms. The van der Waals surface area contributed by atoms with Gasteiger partial charge in [0.25, 0.3) is 5.91 Å². The van der Waals surface area contributed by atoms with E-state index in [0.717, 1.165) is 34.0 Å². The molecule has 2 aliphatic rings. The number of benzene rings is 2. The molecule has 1 fully saturated rings. The summed E-state index contributed by atoms with van der Waals surface area (Å²) in [6, 6.07) is 17.8. The summed E-state index contributed by atoms with van der Waals surface area (Å²) >= 11 is 0. The number of carbonyl (C=O) groups excluding carboxylic acids is 1. The Balaban J connectivity index is 1.32. The number of rotatable bonds is 6. The zero-order valence-corrected chi connectivity index (χ0v) is 18.5. The highest BCUT2D eigenvalue weighted by molar-refractivity contribution is 7.92. The number of nitrogens with zero attached hydrogens (tertiary/aromatic N) is 2. The van der Waals surface area contributed by atoms with Crippen LogP contribution in [0.1, 0.15) is 23.7 Å². The maximum atomic E-state index is 12.0. The third-order valence-corrected chi connectivity index (χ3v) is 6.92. The van der Waals surface area contributed by atoms with Gasteiger partial charge in [0.1, 0.15) is 24.1 Å². The zero-order valence-electron chi connectivity index (χ0n) is 17.7. The van der Waals surface area contributed by atoms with Crippen molar-refractivity contribution in [1.29, 1.82) is 0 Å². The SMILES string of the molecule is COc1cccc(Oc2cccc3c2CC[C@H]3Oc2ccc(N3CC(=O)NS3(=O)=O)cc2)n1. The van der Waals surface area contributed by atoms with Gasteiger partial charge in [-0.05, 0) is 48.7 Å². The van der Waals surface area contributed by atoms with E-state index < -0.39 is 16.1 Å². The van der Waals surface area contributed by atoms with Crippen LogP contribution in [0.25, 0.3) is 0 Å². The lowest BCUT2D eigenvalue weighted by Crippen LogP contribution is -2.29. The van der Waals surface area contributed by atoms with E-state index in [0.29, 0.717) is 23.2 Å². The van der Waals surface area contributed by atoms with Gasteiger partial charge in [0, 0.05) is 17.7 Å². The van der Waals surface area contributed by atoms with E-state index in [9.17, 15) is 13.2 Å². The lowest BCUT2D eigenvalue weighted by molar-refractivity contribution is -0.117. The Morgan fingerprint density at radius 3 is 2.52 bits per heavy atom. The molecular weight excluding hydrogens is 446 g/mol. The number of fused-ring (bicyclic) bond motifs is 1. The summed E-state index contributed by atoms with van der Waals surface area (Å²) < 4.78 is 44.4. The maximum absolute atomic E-state index is 12.0. The van der Waals surface area contributed by atoms with Crippen LogP contribution in [0.15, 0.2) is 60.7 Å². The molecule has 10 heteroatoms. The maximum Gasteiger partial charge on any atom is 0.326 e. The molecule has 1 N–H and O–H groups in total. The first-order valence-corrected chi connectivity index (χ1v) is 11.8.